The number of rotatable bonds is 4. The van der Waals surface area contributed by atoms with Crippen molar-refractivity contribution in [3.05, 3.63) is 17.9 Å². The molecule has 0 aromatic heterocycles. The lowest BCUT2D eigenvalue weighted by Gasteiger charge is -2.22. The molecule has 8 heteroatoms. The minimum absolute atomic E-state index is 0.0351. The van der Waals surface area contributed by atoms with Crippen LogP contribution in [0.15, 0.2) is 17.0 Å². The molecule has 1 saturated heterocycles. The topological polar surface area (TPSA) is 81.4 Å². The van der Waals surface area contributed by atoms with E-state index in [1.54, 1.807) is 11.8 Å². The Bertz CT molecular complexity index is 563. The maximum absolute atomic E-state index is 13.7. The van der Waals surface area contributed by atoms with Crippen molar-refractivity contribution in [1.29, 1.82) is 0 Å². The average molecular weight is 320 g/mol. The minimum Gasteiger partial charge on any atom is -0.492 e. The molecule has 2 rings (SSSR count). The third kappa shape index (κ3) is 3.36. The van der Waals surface area contributed by atoms with Crippen LogP contribution in [0.25, 0.3) is 0 Å². The van der Waals surface area contributed by atoms with Crippen molar-refractivity contribution in [3.8, 4) is 5.75 Å². The Morgan fingerprint density at radius 1 is 1.40 bits per heavy atom. The van der Waals surface area contributed by atoms with Crippen LogP contribution in [0.1, 0.15) is 12.8 Å². The molecule has 20 heavy (non-hydrogen) atoms. The Balaban J connectivity index is 2.25. The van der Waals surface area contributed by atoms with E-state index in [0.717, 1.165) is 30.4 Å². The quantitative estimate of drug-likeness (QED) is 0.823. The van der Waals surface area contributed by atoms with Crippen molar-refractivity contribution in [2.24, 2.45) is 0 Å². The van der Waals surface area contributed by atoms with E-state index in [1.807, 2.05) is 0 Å². The molecular weight excluding hydrogens is 303 g/mol. The summed E-state index contributed by atoms with van der Waals surface area (Å²) in [5.41, 5.74) is 5.57. The van der Waals surface area contributed by atoms with Crippen molar-refractivity contribution in [2.45, 2.75) is 23.8 Å². The highest BCUT2D eigenvalue weighted by molar-refractivity contribution is 7.99. The van der Waals surface area contributed by atoms with E-state index in [-0.39, 0.29) is 22.4 Å². The third-order valence-corrected chi connectivity index (χ3v) is 5.65. The lowest BCUT2D eigenvalue weighted by Crippen LogP contribution is -2.37. The molecule has 0 amide bonds. The highest BCUT2D eigenvalue weighted by Gasteiger charge is 2.24. The van der Waals surface area contributed by atoms with E-state index in [2.05, 4.69) is 4.72 Å². The molecule has 0 atom stereocenters. The maximum atomic E-state index is 13.7. The maximum Gasteiger partial charge on any atom is 0.241 e. The molecule has 0 unspecified atom stereocenters. The van der Waals surface area contributed by atoms with Gasteiger partial charge in [-0.15, -0.1) is 0 Å². The van der Waals surface area contributed by atoms with Gasteiger partial charge >= 0.3 is 0 Å². The summed E-state index contributed by atoms with van der Waals surface area (Å²) in [5.74, 6) is 0.920. The number of benzene rings is 1. The van der Waals surface area contributed by atoms with Crippen molar-refractivity contribution in [2.75, 3.05) is 24.3 Å². The number of nitrogens with two attached hydrogens (primary N) is 1. The van der Waals surface area contributed by atoms with E-state index in [0.29, 0.717) is 0 Å². The Morgan fingerprint density at radius 3 is 2.60 bits per heavy atom. The summed E-state index contributed by atoms with van der Waals surface area (Å²) in [6.07, 6.45) is 1.55. The van der Waals surface area contributed by atoms with Crippen LogP contribution in [0.5, 0.6) is 5.75 Å². The second-order valence-corrected chi connectivity index (χ2v) is 7.47. The standard InChI is InChI=1S/C12H17FN2O3S2/c1-18-12-10(13)6-9(7-11(12)14)20(16,17)15-8-2-4-19-5-3-8/h6-8,15H,2-5,14H2,1H3. The summed E-state index contributed by atoms with van der Waals surface area (Å²) in [4.78, 5) is -0.175. The number of halogens is 1. The van der Waals surface area contributed by atoms with Gasteiger partial charge in [-0.3, -0.25) is 0 Å². The lowest BCUT2D eigenvalue weighted by atomic mass is 10.2. The molecule has 0 spiro atoms. The Labute approximate surface area is 122 Å². The SMILES string of the molecule is COc1c(N)cc(S(=O)(=O)NC2CCSCC2)cc1F. The van der Waals surface area contributed by atoms with Gasteiger partial charge in [-0.05, 0) is 36.5 Å². The minimum atomic E-state index is -3.76. The first-order valence-corrected chi connectivity index (χ1v) is 8.81. The molecular formula is C12H17FN2O3S2. The van der Waals surface area contributed by atoms with Gasteiger partial charge < -0.3 is 10.5 Å². The molecule has 0 radical (unpaired) electrons. The van der Waals surface area contributed by atoms with Gasteiger partial charge in [0.25, 0.3) is 0 Å². The highest BCUT2D eigenvalue weighted by Crippen LogP contribution is 2.29. The number of ether oxygens (including phenoxy) is 1. The molecule has 1 aromatic rings. The molecule has 0 saturated carbocycles. The van der Waals surface area contributed by atoms with Crippen LogP contribution in [-0.4, -0.2) is 33.1 Å². The van der Waals surface area contributed by atoms with E-state index < -0.39 is 15.8 Å². The van der Waals surface area contributed by atoms with Gasteiger partial charge in [0.15, 0.2) is 11.6 Å². The van der Waals surface area contributed by atoms with Gasteiger partial charge in [-0.25, -0.2) is 17.5 Å². The number of nitrogen functional groups attached to an aromatic ring is 1. The van der Waals surface area contributed by atoms with Crippen molar-refractivity contribution < 1.29 is 17.5 Å². The Morgan fingerprint density at radius 2 is 2.05 bits per heavy atom. The molecule has 112 valence electrons. The molecule has 0 bridgehead atoms. The first kappa shape index (κ1) is 15.4. The van der Waals surface area contributed by atoms with E-state index >= 15 is 0 Å². The summed E-state index contributed by atoms with van der Waals surface area (Å²) < 4.78 is 45.5. The van der Waals surface area contributed by atoms with Crippen LogP contribution < -0.4 is 15.2 Å². The van der Waals surface area contributed by atoms with Gasteiger partial charge in [0.05, 0.1) is 17.7 Å². The average Bonchev–Trinajstić information content (AvgIpc) is 2.39. The molecule has 3 N–H and O–H groups in total. The van der Waals surface area contributed by atoms with E-state index in [9.17, 15) is 12.8 Å². The van der Waals surface area contributed by atoms with Crippen LogP contribution in [-0.2, 0) is 10.0 Å². The fraction of sp³-hybridized carbons (Fsp3) is 0.500. The Hall–Kier alpha value is -0.990. The van der Waals surface area contributed by atoms with Crippen LogP contribution >= 0.6 is 11.8 Å². The summed E-state index contributed by atoms with van der Waals surface area (Å²) in [7, 11) is -2.49. The van der Waals surface area contributed by atoms with E-state index in [4.69, 9.17) is 10.5 Å². The lowest BCUT2D eigenvalue weighted by molar-refractivity contribution is 0.388. The number of anilines is 1. The fourth-order valence-corrected chi connectivity index (χ4v) is 4.52. The summed E-state index contributed by atoms with van der Waals surface area (Å²) in [6.45, 7) is 0. The zero-order valence-corrected chi connectivity index (χ0v) is 12.7. The largest absolute Gasteiger partial charge is 0.492 e. The number of thioether (sulfide) groups is 1. The Kier molecular flexibility index (Phi) is 4.77. The van der Waals surface area contributed by atoms with Crippen LogP contribution in [0.2, 0.25) is 0 Å². The summed E-state index contributed by atoms with van der Waals surface area (Å²) >= 11 is 1.80. The van der Waals surface area contributed by atoms with Crippen molar-refractivity contribution in [1.82, 2.24) is 4.72 Å². The van der Waals surface area contributed by atoms with Crippen LogP contribution in [0.3, 0.4) is 0 Å². The van der Waals surface area contributed by atoms with Gasteiger partial charge in [0.2, 0.25) is 10.0 Å². The fourth-order valence-electron chi connectivity index (χ4n) is 2.06. The first-order valence-electron chi connectivity index (χ1n) is 6.17. The monoisotopic (exact) mass is 320 g/mol. The van der Waals surface area contributed by atoms with Gasteiger partial charge in [-0.1, -0.05) is 0 Å². The molecule has 1 aliphatic rings. The number of methoxy groups -OCH3 is 1. The van der Waals surface area contributed by atoms with Gasteiger partial charge in [0, 0.05) is 6.04 Å². The van der Waals surface area contributed by atoms with Gasteiger partial charge in [-0.2, -0.15) is 11.8 Å². The van der Waals surface area contributed by atoms with Gasteiger partial charge in [0.1, 0.15) is 0 Å². The number of hydrogen-bond acceptors (Lipinski definition) is 5. The molecule has 1 heterocycles. The van der Waals surface area contributed by atoms with Crippen LogP contribution in [0.4, 0.5) is 10.1 Å². The van der Waals surface area contributed by atoms with E-state index in [1.165, 1.54) is 13.2 Å². The molecule has 0 aliphatic carbocycles. The summed E-state index contributed by atoms with van der Waals surface area (Å²) in [5, 5.41) is 0. The first-order chi connectivity index (χ1) is 9.44. The zero-order chi connectivity index (χ0) is 14.8. The second-order valence-electron chi connectivity index (χ2n) is 4.54. The molecule has 5 nitrogen and oxygen atoms in total. The number of sulfonamides is 1. The predicted octanol–water partition coefficient (Wildman–Crippen LogP) is 1.59. The number of hydrogen-bond donors (Lipinski definition) is 2. The molecule has 1 fully saturated rings. The van der Waals surface area contributed by atoms with Crippen molar-refractivity contribution in [3.63, 3.8) is 0 Å². The molecule has 1 aromatic carbocycles. The predicted molar refractivity (Wildman–Crippen MR) is 78.0 cm³/mol. The molecule has 1 aliphatic heterocycles. The normalized spacial score (nSPS) is 17.1. The second kappa shape index (κ2) is 6.19. The highest BCUT2D eigenvalue weighted by atomic mass is 32.2. The summed E-state index contributed by atoms with van der Waals surface area (Å²) in [6, 6.07) is 2.03. The third-order valence-electron chi connectivity index (χ3n) is 3.10. The van der Waals surface area contributed by atoms with Crippen molar-refractivity contribution >= 4 is 27.5 Å². The number of nitrogens with one attached hydrogen (secondary N) is 1. The smallest absolute Gasteiger partial charge is 0.241 e. The zero-order valence-electron chi connectivity index (χ0n) is 11.1. The van der Waals surface area contributed by atoms with Crippen LogP contribution in [0, 0.1) is 5.82 Å².